The molecule has 2 aromatic heterocycles. The molecule has 0 unspecified atom stereocenters. The van der Waals surface area contributed by atoms with Gasteiger partial charge >= 0.3 is 16.4 Å². The van der Waals surface area contributed by atoms with E-state index in [1.165, 1.54) is 29.0 Å². The minimum atomic E-state index is -4.94. The van der Waals surface area contributed by atoms with Crippen LogP contribution in [0.15, 0.2) is 12.7 Å². The summed E-state index contributed by atoms with van der Waals surface area (Å²) in [5, 5.41) is 22.8. The molecule has 3 heterocycles. The van der Waals surface area contributed by atoms with Crippen LogP contribution in [0.5, 0.6) is 0 Å². The van der Waals surface area contributed by atoms with Crippen molar-refractivity contribution in [2.45, 2.75) is 37.0 Å². The summed E-state index contributed by atoms with van der Waals surface area (Å²) >= 11 is 1.47. The van der Waals surface area contributed by atoms with Crippen LogP contribution in [0.2, 0.25) is 0 Å². The zero-order valence-corrected chi connectivity index (χ0v) is 17.9. The van der Waals surface area contributed by atoms with Gasteiger partial charge in [-0.3, -0.25) is 13.9 Å². The van der Waals surface area contributed by atoms with Crippen LogP contribution in [0, 0.1) is 0 Å². The van der Waals surface area contributed by atoms with Crippen LogP contribution in [0.4, 0.5) is 5.82 Å². The van der Waals surface area contributed by atoms with Gasteiger partial charge in [-0.1, -0.05) is 0 Å². The lowest BCUT2D eigenvalue weighted by Gasteiger charge is -2.21. The Balaban J connectivity index is 1.85. The number of hydrogen-bond acceptors (Lipinski definition) is 12. The fraction of sp³-hybridized carbons (Fsp3) is 0.600. The number of carboxylic acids is 1. The highest BCUT2D eigenvalue weighted by molar-refractivity contribution is 7.98. The third kappa shape index (κ3) is 5.40. The highest BCUT2D eigenvalue weighted by atomic mass is 32.3. The van der Waals surface area contributed by atoms with Crippen molar-refractivity contribution in [1.29, 1.82) is 0 Å². The number of aromatic nitrogens is 4. The summed E-state index contributed by atoms with van der Waals surface area (Å²) < 4.78 is 43.5. The number of nitrogen functional groups attached to an aromatic ring is 1. The monoisotopic (exact) mass is 478 g/mol. The van der Waals surface area contributed by atoms with E-state index in [1.807, 2.05) is 6.26 Å². The van der Waals surface area contributed by atoms with E-state index in [0.717, 1.165) is 0 Å². The Labute approximate surface area is 181 Å². The highest BCUT2D eigenvalue weighted by Gasteiger charge is 2.48. The number of carbonyl (C=O) groups is 1. The molecule has 0 aliphatic carbocycles. The number of aliphatic hydroxyl groups excluding tert-OH is 1. The van der Waals surface area contributed by atoms with Gasteiger partial charge in [-0.05, 0) is 18.4 Å². The topological polar surface area (TPSA) is 212 Å². The smallest absolute Gasteiger partial charge is 0.397 e. The van der Waals surface area contributed by atoms with Crippen molar-refractivity contribution in [1.82, 2.24) is 24.8 Å². The van der Waals surface area contributed by atoms with E-state index in [2.05, 4.69) is 24.5 Å². The molecule has 5 atom stereocenters. The number of thioether (sulfide) groups is 1. The van der Waals surface area contributed by atoms with E-state index in [1.54, 1.807) is 0 Å². The van der Waals surface area contributed by atoms with E-state index >= 15 is 0 Å². The fourth-order valence-corrected chi connectivity index (χ4v) is 4.23. The van der Waals surface area contributed by atoms with E-state index in [9.17, 15) is 23.4 Å². The number of imidazole rings is 1. The molecule has 31 heavy (non-hydrogen) atoms. The second-order valence-corrected chi connectivity index (χ2v) is 8.74. The van der Waals surface area contributed by atoms with Crippen LogP contribution in [0.3, 0.4) is 0 Å². The van der Waals surface area contributed by atoms with Gasteiger partial charge in [-0.25, -0.2) is 19.1 Å². The normalized spacial score (nSPS) is 25.1. The van der Waals surface area contributed by atoms with Gasteiger partial charge in [0.1, 0.15) is 36.2 Å². The molecule has 0 aromatic carbocycles. The van der Waals surface area contributed by atoms with Crippen LogP contribution in [-0.2, 0) is 24.1 Å². The van der Waals surface area contributed by atoms with E-state index in [-0.39, 0.29) is 23.5 Å². The van der Waals surface area contributed by atoms with Crippen molar-refractivity contribution < 1.29 is 36.9 Å². The van der Waals surface area contributed by atoms with Crippen molar-refractivity contribution in [2.24, 2.45) is 0 Å². The quantitative estimate of drug-likeness (QED) is 0.250. The zero-order chi connectivity index (χ0) is 22.8. The Morgan fingerprint density at radius 2 is 2.19 bits per heavy atom. The van der Waals surface area contributed by atoms with Crippen LogP contribution in [-0.4, -0.2) is 91.6 Å². The lowest BCUT2D eigenvalue weighted by atomic mass is 10.1. The third-order valence-electron chi connectivity index (χ3n) is 4.68. The van der Waals surface area contributed by atoms with Gasteiger partial charge in [0.05, 0.1) is 6.33 Å². The lowest BCUT2D eigenvalue weighted by Crippen LogP contribution is -2.46. The average molecular weight is 479 g/mol. The van der Waals surface area contributed by atoms with Gasteiger partial charge in [0, 0.05) is 6.54 Å². The number of rotatable bonds is 10. The van der Waals surface area contributed by atoms with Gasteiger partial charge in [-0.15, -0.1) is 0 Å². The largest absolute Gasteiger partial charge is 0.480 e. The highest BCUT2D eigenvalue weighted by Crippen LogP contribution is 2.34. The van der Waals surface area contributed by atoms with Crippen molar-refractivity contribution in [3.63, 3.8) is 0 Å². The number of fused-ring (bicyclic) bond motifs is 1. The number of carboxylic acid groups (broad SMARTS) is 1. The Morgan fingerprint density at radius 3 is 2.84 bits per heavy atom. The van der Waals surface area contributed by atoms with Gasteiger partial charge in [0.25, 0.3) is 0 Å². The maximum Gasteiger partial charge on any atom is 0.397 e. The molecule has 1 aliphatic heterocycles. The summed E-state index contributed by atoms with van der Waals surface area (Å²) in [6.07, 6.45) is -0.824. The molecule has 0 radical (unpaired) electrons. The van der Waals surface area contributed by atoms with Gasteiger partial charge in [-0.2, -0.15) is 20.2 Å². The first-order chi connectivity index (χ1) is 14.6. The first-order valence-corrected chi connectivity index (χ1v) is 11.8. The molecule has 0 amide bonds. The third-order valence-corrected chi connectivity index (χ3v) is 5.79. The van der Waals surface area contributed by atoms with E-state index in [4.69, 9.17) is 15.0 Å². The molecular formula is C15H22N6O8S2. The molecule has 14 nitrogen and oxygen atoms in total. The predicted octanol–water partition coefficient (Wildman–Crippen LogP) is -1.35. The van der Waals surface area contributed by atoms with Crippen LogP contribution >= 0.6 is 11.8 Å². The van der Waals surface area contributed by atoms with Crippen molar-refractivity contribution in [3.05, 3.63) is 12.7 Å². The Kier molecular flexibility index (Phi) is 7.30. The molecule has 1 aliphatic rings. The molecule has 0 saturated carbocycles. The first kappa shape index (κ1) is 23.6. The van der Waals surface area contributed by atoms with E-state index in [0.29, 0.717) is 12.2 Å². The fourth-order valence-electron chi connectivity index (χ4n) is 3.24. The number of nitrogens with zero attached hydrogens (tertiary/aromatic N) is 4. The maximum absolute atomic E-state index is 11.4. The number of nitrogens with one attached hydrogen (secondary N) is 1. The standard InChI is InChI=1S/C15H22N6O8S2/c1-30-3-2-7(15(23)24)17-4-8-11(29-31(25,26)27)10(22)14(28-8)21-6-20-9-12(16)18-5-19-13(9)21/h5-8,10-11,14,17,22H,2-4H2,1H3,(H,23,24)(H2,16,18,19)(H,25,26,27)/t7-,8+,10+,11+,14+/m0/s1. The number of ether oxygens (including phenoxy) is 1. The number of aliphatic hydroxyl groups is 1. The summed E-state index contributed by atoms with van der Waals surface area (Å²) in [7, 11) is -4.94. The molecule has 0 bridgehead atoms. The molecule has 2 aromatic rings. The summed E-state index contributed by atoms with van der Waals surface area (Å²) in [4.78, 5) is 23.4. The first-order valence-electron chi connectivity index (χ1n) is 8.99. The molecule has 0 spiro atoms. The molecule has 1 saturated heterocycles. The Hall–Kier alpha value is -2.08. The molecule has 172 valence electrons. The molecule has 16 heteroatoms. The molecule has 3 rings (SSSR count). The van der Waals surface area contributed by atoms with Gasteiger partial charge < -0.3 is 26.0 Å². The van der Waals surface area contributed by atoms with Crippen LogP contribution in [0.1, 0.15) is 12.6 Å². The molecule has 1 fully saturated rings. The predicted molar refractivity (Wildman–Crippen MR) is 108 cm³/mol. The average Bonchev–Trinajstić information content (AvgIpc) is 3.24. The minimum absolute atomic E-state index is 0.0956. The summed E-state index contributed by atoms with van der Waals surface area (Å²) in [6.45, 7) is -0.178. The van der Waals surface area contributed by atoms with Crippen molar-refractivity contribution in [2.75, 3.05) is 24.3 Å². The Morgan fingerprint density at radius 1 is 1.45 bits per heavy atom. The van der Waals surface area contributed by atoms with Crippen LogP contribution < -0.4 is 11.1 Å². The SMILES string of the molecule is CSCC[C@H](NC[C@H]1O[C@@H](n2cnc3c(N)ncnc32)[C@H](O)[C@@H]1OS(=O)(=O)O)C(=O)O. The van der Waals surface area contributed by atoms with E-state index < -0.39 is 46.9 Å². The zero-order valence-electron chi connectivity index (χ0n) is 16.2. The second-order valence-electron chi connectivity index (χ2n) is 6.71. The summed E-state index contributed by atoms with van der Waals surface area (Å²) in [5.41, 5.74) is 6.22. The van der Waals surface area contributed by atoms with Crippen LogP contribution in [0.25, 0.3) is 11.2 Å². The Bertz CT molecular complexity index is 1030. The maximum atomic E-state index is 11.4. The second kappa shape index (κ2) is 9.60. The van der Waals surface area contributed by atoms with Crippen molar-refractivity contribution in [3.8, 4) is 0 Å². The van der Waals surface area contributed by atoms with Gasteiger partial charge in [0.2, 0.25) is 0 Å². The number of aliphatic carboxylic acids is 1. The number of nitrogens with two attached hydrogens (primary N) is 1. The molecule has 6 N–H and O–H groups in total. The number of hydrogen-bond donors (Lipinski definition) is 5. The summed E-state index contributed by atoms with van der Waals surface area (Å²) in [5.74, 6) is -0.421. The summed E-state index contributed by atoms with van der Waals surface area (Å²) in [6, 6.07) is -0.930. The van der Waals surface area contributed by atoms with Gasteiger partial charge in [0.15, 0.2) is 17.7 Å². The number of anilines is 1. The molecular weight excluding hydrogens is 456 g/mol. The minimum Gasteiger partial charge on any atom is -0.480 e. The lowest BCUT2D eigenvalue weighted by molar-refractivity contribution is -0.139. The van der Waals surface area contributed by atoms with Crippen molar-refractivity contribution >= 4 is 45.1 Å².